The molecule has 9 heteroatoms. The fraction of sp³-hybridized carbons (Fsp3) is 0.474. The van der Waals surface area contributed by atoms with Gasteiger partial charge in [0.25, 0.3) is 11.8 Å². The first-order valence-electron chi connectivity index (χ1n) is 9.39. The second-order valence-electron chi connectivity index (χ2n) is 7.23. The number of amides is 4. The first-order chi connectivity index (χ1) is 13.5. The van der Waals surface area contributed by atoms with E-state index in [1.54, 1.807) is 22.7 Å². The summed E-state index contributed by atoms with van der Waals surface area (Å²) in [5, 5.41) is 0. The zero-order valence-corrected chi connectivity index (χ0v) is 16.2. The third-order valence-electron chi connectivity index (χ3n) is 5.45. The molecule has 148 valence electrons. The molecule has 1 atom stereocenters. The Morgan fingerprint density at radius 2 is 1.82 bits per heavy atom. The number of imide groups is 1. The molecule has 0 saturated carbocycles. The monoisotopic (exact) mass is 402 g/mol. The number of carbonyl (C=O) groups is 4. The van der Waals surface area contributed by atoms with Crippen molar-refractivity contribution >= 4 is 41.1 Å². The average Bonchev–Trinajstić information content (AvgIpc) is 3.42. The second kappa shape index (κ2) is 7.46. The summed E-state index contributed by atoms with van der Waals surface area (Å²) in [6.45, 7) is 1.50. The summed E-state index contributed by atoms with van der Waals surface area (Å²) in [6.07, 6.45) is 2.01. The summed E-state index contributed by atoms with van der Waals surface area (Å²) < 4.78 is 0. The lowest BCUT2D eigenvalue weighted by Gasteiger charge is -2.27. The molecule has 3 aliphatic heterocycles. The van der Waals surface area contributed by atoms with Crippen LogP contribution in [0.1, 0.15) is 40.0 Å². The predicted molar refractivity (Wildman–Crippen MR) is 105 cm³/mol. The smallest absolute Gasteiger partial charge is 0.261 e. The van der Waals surface area contributed by atoms with Crippen LogP contribution in [0.4, 0.5) is 5.69 Å². The lowest BCUT2D eigenvalue weighted by molar-refractivity contribution is -0.142. The molecule has 0 aliphatic carbocycles. The van der Waals surface area contributed by atoms with Gasteiger partial charge in [0.05, 0.1) is 17.0 Å². The molecule has 8 nitrogen and oxygen atoms in total. The number of rotatable bonds is 4. The maximum Gasteiger partial charge on any atom is 0.261 e. The number of thioether (sulfide) groups is 1. The number of hydrogen-bond donors (Lipinski definition) is 1. The van der Waals surface area contributed by atoms with Crippen molar-refractivity contribution in [3.8, 4) is 0 Å². The van der Waals surface area contributed by atoms with Crippen LogP contribution in [0.2, 0.25) is 0 Å². The highest BCUT2D eigenvalue weighted by Gasteiger charge is 2.39. The predicted octanol–water partition coefficient (Wildman–Crippen LogP) is 0.779. The van der Waals surface area contributed by atoms with Gasteiger partial charge in [-0.15, -0.1) is 11.8 Å². The number of nitrogens with zero attached hydrogens (tertiary/aromatic N) is 3. The van der Waals surface area contributed by atoms with E-state index < -0.39 is 17.9 Å². The summed E-state index contributed by atoms with van der Waals surface area (Å²) >= 11 is 1.55. The molecular formula is C19H22N4O4S. The van der Waals surface area contributed by atoms with Crippen molar-refractivity contribution in [2.24, 2.45) is 0 Å². The topological polar surface area (TPSA) is 104 Å². The van der Waals surface area contributed by atoms with Gasteiger partial charge in [-0.3, -0.25) is 24.1 Å². The summed E-state index contributed by atoms with van der Waals surface area (Å²) in [6, 6.07) is 4.15. The Bertz CT molecular complexity index is 852. The van der Waals surface area contributed by atoms with Crippen molar-refractivity contribution in [3.63, 3.8) is 0 Å². The van der Waals surface area contributed by atoms with Crippen molar-refractivity contribution in [2.75, 3.05) is 37.0 Å². The number of carbonyl (C=O) groups excluding carboxylic acids is 4. The molecule has 3 aliphatic rings. The first kappa shape index (κ1) is 18.8. The molecule has 2 saturated heterocycles. The minimum Gasteiger partial charge on any atom is -0.399 e. The van der Waals surface area contributed by atoms with E-state index in [1.165, 1.54) is 12.1 Å². The lowest BCUT2D eigenvalue weighted by atomic mass is 10.1. The van der Waals surface area contributed by atoms with Crippen LogP contribution in [0.5, 0.6) is 0 Å². The molecule has 1 aromatic carbocycles. The molecule has 0 aromatic heterocycles. The van der Waals surface area contributed by atoms with Crippen molar-refractivity contribution in [3.05, 3.63) is 29.3 Å². The minimum atomic E-state index is -0.447. The van der Waals surface area contributed by atoms with E-state index in [0.717, 1.165) is 30.8 Å². The SMILES string of the molecule is Nc1ccc2c(c1)C(=O)N(CCC(=O)N1CSC[C@H]1C(=O)N1CCCC1)C2=O. The van der Waals surface area contributed by atoms with Gasteiger partial charge < -0.3 is 15.5 Å². The lowest BCUT2D eigenvalue weighted by Crippen LogP contribution is -2.48. The zero-order valence-electron chi connectivity index (χ0n) is 15.4. The van der Waals surface area contributed by atoms with Crippen LogP contribution in [0, 0.1) is 0 Å². The van der Waals surface area contributed by atoms with E-state index in [4.69, 9.17) is 5.73 Å². The molecule has 4 amide bonds. The van der Waals surface area contributed by atoms with Crippen LogP contribution in [0.25, 0.3) is 0 Å². The highest BCUT2D eigenvalue weighted by Crippen LogP contribution is 2.27. The number of nitrogens with two attached hydrogens (primary N) is 1. The quantitative estimate of drug-likeness (QED) is 0.590. The van der Waals surface area contributed by atoms with Gasteiger partial charge in [0.15, 0.2) is 0 Å². The molecule has 28 heavy (non-hydrogen) atoms. The first-order valence-corrected chi connectivity index (χ1v) is 10.5. The molecule has 0 unspecified atom stereocenters. The Balaban J connectivity index is 1.39. The van der Waals surface area contributed by atoms with Crippen molar-refractivity contribution in [2.45, 2.75) is 25.3 Å². The fourth-order valence-corrected chi connectivity index (χ4v) is 5.08. The van der Waals surface area contributed by atoms with Gasteiger partial charge >= 0.3 is 0 Å². The van der Waals surface area contributed by atoms with Gasteiger partial charge in [0.1, 0.15) is 6.04 Å². The Labute approximate surface area is 167 Å². The largest absolute Gasteiger partial charge is 0.399 e. The number of anilines is 1. The maximum absolute atomic E-state index is 12.7. The maximum atomic E-state index is 12.7. The second-order valence-corrected chi connectivity index (χ2v) is 8.23. The van der Waals surface area contributed by atoms with E-state index in [1.807, 2.05) is 4.90 Å². The van der Waals surface area contributed by atoms with E-state index >= 15 is 0 Å². The van der Waals surface area contributed by atoms with Crippen molar-refractivity contribution in [1.82, 2.24) is 14.7 Å². The molecule has 0 bridgehead atoms. The molecule has 2 fully saturated rings. The van der Waals surface area contributed by atoms with Crippen LogP contribution < -0.4 is 5.73 Å². The van der Waals surface area contributed by atoms with E-state index in [2.05, 4.69) is 0 Å². The van der Waals surface area contributed by atoms with E-state index in [9.17, 15) is 19.2 Å². The third kappa shape index (κ3) is 3.23. The summed E-state index contributed by atoms with van der Waals surface area (Å²) in [5.74, 6) is 0.00861. The molecule has 3 heterocycles. The van der Waals surface area contributed by atoms with Gasteiger partial charge in [-0.1, -0.05) is 0 Å². The zero-order chi connectivity index (χ0) is 19.8. The number of hydrogen-bond acceptors (Lipinski definition) is 6. The van der Waals surface area contributed by atoms with Crippen molar-refractivity contribution in [1.29, 1.82) is 0 Å². The van der Waals surface area contributed by atoms with Gasteiger partial charge in [-0.25, -0.2) is 0 Å². The Kier molecular flexibility index (Phi) is 5.01. The van der Waals surface area contributed by atoms with Crippen LogP contribution in [-0.2, 0) is 9.59 Å². The fourth-order valence-electron chi connectivity index (χ4n) is 3.90. The number of likely N-dealkylation sites (tertiary alicyclic amines) is 1. The molecule has 0 spiro atoms. The Morgan fingerprint density at radius 3 is 2.57 bits per heavy atom. The van der Waals surface area contributed by atoms with Crippen molar-refractivity contribution < 1.29 is 19.2 Å². The molecule has 0 radical (unpaired) electrons. The summed E-state index contributed by atoms with van der Waals surface area (Å²) in [5.41, 5.74) is 6.70. The number of fused-ring (bicyclic) bond motifs is 1. The Hall–Kier alpha value is -2.55. The number of benzene rings is 1. The van der Waals surface area contributed by atoms with Gasteiger partial charge in [0.2, 0.25) is 11.8 Å². The van der Waals surface area contributed by atoms with Crippen LogP contribution in [0.3, 0.4) is 0 Å². The van der Waals surface area contributed by atoms with Gasteiger partial charge in [-0.05, 0) is 31.0 Å². The van der Waals surface area contributed by atoms with Gasteiger partial charge in [-0.2, -0.15) is 0 Å². The highest BCUT2D eigenvalue weighted by molar-refractivity contribution is 7.99. The van der Waals surface area contributed by atoms with E-state index in [0.29, 0.717) is 22.9 Å². The summed E-state index contributed by atoms with van der Waals surface area (Å²) in [7, 11) is 0. The van der Waals surface area contributed by atoms with E-state index in [-0.39, 0.29) is 30.3 Å². The van der Waals surface area contributed by atoms with Crippen LogP contribution in [0.15, 0.2) is 18.2 Å². The highest BCUT2D eigenvalue weighted by atomic mass is 32.2. The standard InChI is InChI=1S/C19H22N4O4S/c20-12-3-4-13-14(9-12)18(26)22(17(13)25)8-5-16(24)23-11-28-10-15(23)19(27)21-6-1-2-7-21/h3-4,9,15H,1-2,5-8,10-11,20H2/t15-/m0/s1. The van der Waals surface area contributed by atoms with Crippen LogP contribution in [-0.4, -0.2) is 75.6 Å². The number of nitrogen functional groups attached to an aromatic ring is 1. The summed E-state index contributed by atoms with van der Waals surface area (Å²) in [4.78, 5) is 54.9. The Morgan fingerprint density at radius 1 is 1.11 bits per heavy atom. The minimum absolute atomic E-state index is 0.00310. The molecule has 1 aromatic rings. The normalized spacial score (nSPS) is 21.6. The molecule has 2 N–H and O–H groups in total. The van der Waals surface area contributed by atoms with Gasteiger partial charge in [0, 0.05) is 37.5 Å². The molecule has 4 rings (SSSR count). The average molecular weight is 402 g/mol. The molecular weight excluding hydrogens is 380 g/mol. The van der Waals surface area contributed by atoms with Crippen LogP contribution >= 0.6 is 11.8 Å². The third-order valence-corrected chi connectivity index (χ3v) is 6.46.